The zero-order chi connectivity index (χ0) is 23.5. The monoisotopic (exact) mass is 524 g/mol. The fourth-order valence-corrected chi connectivity index (χ4v) is 3.72. The van der Waals surface area contributed by atoms with E-state index in [1.165, 1.54) is 6.08 Å². The third-order valence-corrected chi connectivity index (χ3v) is 6.03. The van der Waals surface area contributed by atoms with E-state index in [9.17, 15) is 14.4 Å². The molecule has 166 valence electrons. The minimum Gasteiger partial charge on any atom is -0.489 e. The molecule has 0 bridgehead atoms. The van der Waals surface area contributed by atoms with Crippen LogP contribution < -0.4 is 15.0 Å². The Balaban J connectivity index is 1.54. The van der Waals surface area contributed by atoms with Crippen LogP contribution in [0, 0.1) is 6.92 Å². The van der Waals surface area contributed by atoms with Crippen LogP contribution in [0.3, 0.4) is 0 Å². The van der Waals surface area contributed by atoms with Gasteiger partial charge in [-0.05, 0) is 66.1 Å². The van der Waals surface area contributed by atoms with Gasteiger partial charge in [0.25, 0.3) is 11.8 Å². The second kappa shape index (κ2) is 9.60. The lowest BCUT2D eigenvalue weighted by Crippen LogP contribution is -2.54. The van der Waals surface area contributed by atoms with Gasteiger partial charge in [0.2, 0.25) is 0 Å². The van der Waals surface area contributed by atoms with Crippen molar-refractivity contribution in [3.05, 3.63) is 98.5 Å². The Labute approximate surface area is 203 Å². The van der Waals surface area contributed by atoms with E-state index in [1.807, 2.05) is 24.3 Å². The van der Waals surface area contributed by atoms with E-state index in [-0.39, 0.29) is 5.57 Å². The summed E-state index contributed by atoms with van der Waals surface area (Å²) >= 11 is 9.54. The molecular weight excluding hydrogens is 508 g/mol. The van der Waals surface area contributed by atoms with Crippen molar-refractivity contribution < 1.29 is 19.1 Å². The summed E-state index contributed by atoms with van der Waals surface area (Å²) in [7, 11) is 0. The van der Waals surface area contributed by atoms with Crippen LogP contribution in [0.15, 0.2) is 76.8 Å². The summed E-state index contributed by atoms with van der Waals surface area (Å²) in [6.07, 6.45) is 1.44. The van der Waals surface area contributed by atoms with Crippen molar-refractivity contribution in [2.24, 2.45) is 0 Å². The van der Waals surface area contributed by atoms with Crippen LogP contribution in [0.1, 0.15) is 16.7 Å². The second-order valence-electron chi connectivity index (χ2n) is 7.33. The highest BCUT2D eigenvalue weighted by molar-refractivity contribution is 9.10. The van der Waals surface area contributed by atoms with Gasteiger partial charge in [-0.1, -0.05) is 57.9 Å². The average molecular weight is 526 g/mol. The normalized spacial score (nSPS) is 15.1. The third kappa shape index (κ3) is 4.99. The van der Waals surface area contributed by atoms with Gasteiger partial charge < -0.3 is 4.74 Å². The van der Waals surface area contributed by atoms with E-state index in [1.54, 1.807) is 49.4 Å². The maximum Gasteiger partial charge on any atom is 0.335 e. The Morgan fingerprint density at radius 1 is 1.00 bits per heavy atom. The van der Waals surface area contributed by atoms with Crippen LogP contribution in [0.2, 0.25) is 5.02 Å². The zero-order valence-corrected chi connectivity index (χ0v) is 19.8. The number of halogens is 2. The van der Waals surface area contributed by atoms with Crippen LogP contribution >= 0.6 is 27.5 Å². The number of urea groups is 1. The van der Waals surface area contributed by atoms with E-state index in [2.05, 4.69) is 21.2 Å². The molecule has 0 radical (unpaired) electrons. The molecule has 0 unspecified atom stereocenters. The highest BCUT2D eigenvalue weighted by atomic mass is 79.9. The van der Waals surface area contributed by atoms with Gasteiger partial charge in [-0.2, -0.15) is 0 Å². The first kappa shape index (κ1) is 22.8. The molecule has 0 spiro atoms. The van der Waals surface area contributed by atoms with Crippen molar-refractivity contribution in [1.29, 1.82) is 0 Å². The van der Waals surface area contributed by atoms with Gasteiger partial charge >= 0.3 is 6.03 Å². The molecular formula is C25H18BrClN2O4. The van der Waals surface area contributed by atoms with Gasteiger partial charge in [-0.3, -0.25) is 14.9 Å². The molecule has 1 fully saturated rings. The Morgan fingerprint density at radius 3 is 2.39 bits per heavy atom. The fourth-order valence-electron chi connectivity index (χ4n) is 3.29. The Bertz CT molecular complexity index is 1270. The molecule has 0 aromatic heterocycles. The predicted octanol–water partition coefficient (Wildman–Crippen LogP) is 5.66. The minimum atomic E-state index is -0.816. The molecule has 33 heavy (non-hydrogen) atoms. The molecule has 1 saturated heterocycles. The number of hydrogen-bond donors (Lipinski definition) is 1. The molecule has 0 saturated carbocycles. The van der Waals surface area contributed by atoms with Crippen LogP contribution in [-0.2, 0) is 16.2 Å². The first-order valence-electron chi connectivity index (χ1n) is 9.97. The number of benzene rings is 3. The smallest absolute Gasteiger partial charge is 0.335 e. The molecule has 3 aromatic rings. The van der Waals surface area contributed by atoms with Crippen molar-refractivity contribution in [2.45, 2.75) is 13.5 Å². The maximum atomic E-state index is 13.1. The topological polar surface area (TPSA) is 75.7 Å². The number of carbonyl (C=O) groups excluding carboxylic acids is 3. The average Bonchev–Trinajstić information content (AvgIpc) is 2.80. The summed E-state index contributed by atoms with van der Waals surface area (Å²) in [5.41, 5.74) is 2.36. The Morgan fingerprint density at radius 2 is 1.70 bits per heavy atom. The molecule has 1 aliphatic heterocycles. The van der Waals surface area contributed by atoms with Gasteiger partial charge in [0.15, 0.2) is 0 Å². The number of rotatable bonds is 5. The molecule has 0 aliphatic carbocycles. The van der Waals surface area contributed by atoms with E-state index < -0.39 is 17.8 Å². The molecule has 1 heterocycles. The molecule has 1 N–H and O–H groups in total. The Kier molecular flexibility index (Phi) is 6.62. The van der Waals surface area contributed by atoms with E-state index in [4.69, 9.17) is 16.3 Å². The van der Waals surface area contributed by atoms with Crippen LogP contribution in [0.4, 0.5) is 10.5 Å². The number of nitrogens with one attached hydrogen (secondary N) is 1. The van der Waals surface area contributed by atoms with Crippen molar-refractivity contribution in [1.82, 2.24) is 5.32 Å². The number of nitrogens with zero attached hydrogens (tertiary/aromatic N) is 1. The van der Waals surface area contributed by atoms with Gasteiger partial charge in [-0.15, -0.1) is 0 Å². The molecule has 8 heteroatoms. The Hall–Kier alpha value is -3.42. The summed E-state index contributed by atoms with van der Waals surface area (Å²) in [6, 6.07) is 18.9. The highest BCUT2D eigenvalue weighted by Crippen LogP contribution is 2.29. The molecule has 4 amide bonds. The standard InChI is InChI=1S/C25H18BrClN2O4/c1-15-21(27)3-2-4-22(15)29-24(31)20(23(30)28-25(29)32)13-16-7-11-19(12-8-16)33-14-17-5-9-18(26)10-6-17/h2-13H,14H2,1H3,(H,28,30,32)/b20-13+. The molecule has 4 rings (SSSR count). The first-order valence-corrected chi connectivity index (χ1v) is 11.1. The number of carbonyl (C=O) groups is 3. The number of imide groups is 2. The van der Waals surface area contributed by atoms with Crippen LogP contribution in [0.5, 0.6) is 5.75 Å². The first-order chi connectivity index (χ1) is 15.8. The molecule has 1 aliphatic rings. The summed E-state index contributed by atoms with van der Waals surface area (Å²) in [5.74, 6) is -0.827. The number of amides is 4. The summed E-state index contributed by atoms with van der Waals surface area (Å²) in [5, 5.41) is 2.63. The van der Waals surface area contributed by atoms with E-state index in [0.29, 0.717) is 34.2 Å². The van der Waals surface area contributed by atoms with E-state index >= 15 is 0 Å². The van der Waals surface area contributed by atoms with Gasteiger partial charge in [0.1, 0.15) is 17.9 Å². The lowest BCUT2D eigenvalue weighted by molar-refractivity contribution is -0.122. The zero-order valence-electron chi connectivity index (χ0n) is 17.5. The molecule has 6 nitrogen and oxygen atoms in total. The van der Waals surface area contributed by atoms with Crippen LogP contribution in [-0.4, -0.2) is 17.8 Å². The maximum absolute atomic E-state index is 13.1. The SMILES string of the molecule is Cc1c(Cl)cccc1N1C(=O)NC(=O)/C(=C\c2ccc(OCc3ccc(Br)cc3)cc2)C1=O. The van der Waals surface area contributed by atoms with Gasteiger partial charge in [0.05, 0.1) is 5.69 Å². The highest BCUT2D eigenvalue weighted by Gasteiger charge is 2.37. The lowest BCUT2D eigenvalue weighted by Gasteiger charge is -2.27. The van der Waals surface area contributed by atoms with Gasteiger partial charge in [-0.25, -0.2) is 9.69 Å². The number of hydrogen-bond acceptors (Lipinski definition) is 4. The van der Waals surface area contributed by atoms with Crippen molar-refractivity contribution in [3.63, 3.8) is 0 Å². The largest absolute Gasteiger partial charge is 0.489 e. The molecule has 3 aromatic carbocycles. The summed E-state index contributed by atoms with van der Waals surface area (Å²) in [4.78, 5) is 38.8. The second-order valence-corrected chi connectivity index (χ2v) is 8.65. The summed E-state index contributed by atoms with van der Waals surface area (Å²) in [6.45, 7) is 2.11. The van der Waals surface area contributed by atoms with Crippen molar-refractivity contribution >= 4 is 57.1 Å². The number of anilines is 1. The number of ether oxygens (including phenoxy) is 1. The van der Waals surface area contributed by atoms with Gasteiger partial charge in [0, 0.05) is 9.50 Å². The lowest BCUT2D eigenvalue weighted by atomic mass is 10.1. The quantitative estimate of drug-likeness (QED) is 0.345. The number of barbiturate groups is 1. The fraction of sp³-hybridized carbons (Fsp3) is 0.0800. The van der Waals surface area contributed by atoms with Crippen molar-refractivity contribution in [2.75, 3.05) is 4.90 Å². The minimum absolute atomic E-state index is 0.155. The van der Waals surface area contributed by atoms with E-state index in [0.717, 1.165) is 14.9 Å². The van der Waals surface area contributed by atoms with Crippen molar-refractivity contribution in [3.8, 4) is 5.75 Å². The summed E-state index contributed by atoms with van der Waals surface area (Å²) < 4.78 is 6.78. The van der Waals surface area contributed by atoms with Crippen LogP contribution in [0.25, 0.3) is 6.08 Å². The third-order valence-electron chi connectivity index (χ3n) is 5.09. The molecule has 0 atom stereocenters. The predicted molar refractivity (Wildman–Crippen MR) is 130 cm³/mol.